The smallest absolute Gasteiger partial charge is 0.542 e. The van der Waals surface area contributed by atoms with Crippen molar-refractivity contribution < 1.29 is 42.9 Å². The van der Waals surface area contributed by atoms with Gasteiger partial charge in [-0.3, -0.25) is 0 Å². The maximum absolute atomic E-state index is 11.0. The Morgan fingerprint density at radius 2 is 0.684 bits per heavy atom. The molecule has 0 aliphatic rings. The molecule has 0 amide bonds. The minimum atomic E-state index is -1.85. The summed E-state index contributed by atoms with van der Waals surface area (Å²) in [5.74, 6) is -9.86. The number of halogens is 3. The summed E-state index contributed by atoms with van der Waals surface area (Å²) in [5.41, 5.74) is 0. The van der Waals surface area contributed by atoms with E-state index >= 15 is 0 Å². The standard InChI is InChI=1S/3C3H3FO2.Al/c3*1-2(4)3(5)6;/h3*1H2,(H,5,6);/q;;;+3/p-3. The number of carbonyl (C=O) groups excluding carboxylic acids is 3. The third-order valence-electron chi connectivity index (χ3n) is 0.664. The summed E-state index contributed by atoms with van der Waals surface area (Å²) in [6.45, 7) is 7.28. The first kappa shape index (κ1) is 25.7. The van der Waals surface area contributed by atoms with Crippen molar-refractivity contribution in [1.29, 1.82) is 0 Å². The van der Waals surface area contributed by atoms with Crippen LogP contribution in [0.5, 0.6) is 0 Å². The van der Waals surface area contributed by atoms with E-state index in [0.717, 1.165) is 0 Å². The Morgan fingerprint density at radius 3 is 0.684 bits per heavy atom. The third kappa shape index (κ3) is 31.4. The molecule has 0 aliphatic carbocycles. The van der Waals surface area contributed by atoms with Gasteiger partial charge >= 0.3 is 17.4 Å². The van der Waals surface area contributed by atoms with Gasteiger partial charge in [0.05, 0.1) is 17.9 Å². The maximum atomic E-state index is 11.0. The molecule has 0 aromatic rings. The number of carboxylic acids is 3. The van der Waals surface area contributed by atoms with Crippen molar-refractivity contribution in [2.24, 2.45) is 0 Å². The fraction of sp³-hybridized carbons (Fsp3) is 0. The van der Waals surface area contributed by atoms with E-state index in [-0.39, 0.29) is 17.4 Å². The Labute approximate surface area is 116 Å². The van der Waals surface area contributed by atoms with Gasteiger partial charge in [-0.05, 0) is 0 Å². The van der Waals surface area contributed by atoms with Crippen molar-refractivity contribution in [2.75, 3.05) is 0 Å². The van der Waals surface area contributed by atoms with E-state index in [4.69, 9.17) is 29.7 Å². The normalized spacial score (nSPS) is 7.11. The molecule has 0 aliphatic heterocycles. The molecule has 0 spiro atoms. The monoisotopic (exact) mass is 294 g/mol. The molecule has 102 valence electrons. The van der Waals surface area contributed by atoms with Crippen LogP contribution in [0, 0.1) is 0 Å². The van der Waals surface area contributed by atoms with Crippen LogP contribution in [-0.2, 0) is 14.4 Å². The van der Waals surface area contributed by atoms with Crippen LogP contribution in [0.3, 0.4) is 0 Å². The molecule has 0 saturated heterocycles. The second kappa shape index (κ2) is 14.0. The van der Waals surface area contributed by atoms with E-state index in [9.17, 15) is 13.2 Å². The Kier molecular flexibility index (Phi) is 19.0. The van der Waals surface area contributed by atoms with Gasteiger partial charge in [-0.1, -0.05) is 19.7 Å². The van der Waals surface area contributed by atoms with Crippen molar-refractivity contribution in [2.45, 2.75) is 0 Å². The molecule has 6 nitrogen and oxygen atoms in total. The van der Waals surface area contributed by atoms with E-state index in [2.05, 4.69) is 19.7 Å². The van der Waals surface area contributed by atoms with Crippen LogP contribution in [0.15, 0.2) is 37.2 Å². The van der Waals surface area contributed by atoms with Crippen molar-refractivity contribution in [3.8, 4) is 0 Å². The zero-order valence-electron chi connectivity index (χ0n) is 9.28. The largest absolute Gasteiger partial charge is 3.00 e. The van der Waals surface area contributed by atoms with Gasteiger partial charge in [0.25, 0.3) is 0 Å². The minimum Gasteiger partial charge on any atom is -0.542 e. The summed E-state index contributed by atoms with van der Waals surface area (Å²) >= 11 is 0. The van der Waals surface area contributed by atoms with Gasteiger partial charge in [-0.15, -0.1) is 0 Å². The average Bonchev–Trinajstić information content (AvgIpc) is 2.18. The molecule has 19 heavy (non-hydrogen) atoms. The van der Waals surface area contributed by atoms with Crippen LogP contribution >= 0.6 is 0 Å². The Balaban J connectivity index is -0.0000000865. The summed E-state index contributed by atoms with van der Waals surface area (Å²) in [7, 11) is 0. The van der Waals surface area contributed by atoms with E-state index in [1.165, 1.54) is 0 Å². The number of hydrogen-bond donors (Lipinski definition) is 0. The Hall–Kier alpha value is -2.05. The van der Waals surface area contributed by atoms with Crippen molar-refractivity contribution in [3.63, 3.8) is 0 Å². The molecule has 0 N–H and O–H groups in total. The molecule has 10 heteroatoms. The molecular formula is C9H6AlF3O6. The number of aliphatic carboxylic acids is 3. The van der Waals surface area contributed by atoms with Crippen LogP contribution in [0.1, 0.15) is 0 Å². The molecule has 0 heterocycles. The first-order valence-electron chi connectivity index (χ1n) is 3.60. The summed E-state index contributed by atoms with van der Waals surface area (Å²) in [6.07, 6.45) is 0. The molecule has 0 radical (unpaired) electrons. The van der Waals surface area contributed by atoms with E-state index in [1.54, 1.807) is 0 Å². The first-order valence-corrected chi connectivity index (χ1v) is 3.60. The predicted molar refractivity (Wildman–Crippen MR) is 51.5 cm³/mol. The van der Waals surface area contributed by atoms with Gasteiger partial charge in [0.15, 0.2) is 0 Å². The number of rotatable bonds is 3. The van der Waals surface area contributed by atoms with Gasteiger partial charge in [0.2, 0.25) is 0 Å². The second-order valence-electron chi connectivity index (χ2n) is 2.08. The van der Waals surface area contributed by atoms with Gasteiger partial charge in [-0.25, -0.2) is 13.2 Å². The molecule has 0 unspecified atom stereocenters. The van der Waals surface area contributed by atoms with Gasteiger partial charge < -0.3 is 29.7 Å². The maximum Gasteiger partial charge on any atom is 3.00 e. The third-order valence-corrected chi connectivity index (χ3v) is 0.664. The SMILES string of the molecule is C=C(F)C(=O)[O-].C=C(F)C(=O)[O-].C=C(F)C(=O)[O-].[Al+3]. The van der Waals surface area contributed by atoms with E-state index in [0.29, 0.717) is 0 Å². The van der Waals surface area contributed by atoms with Crippen LogP contribution in [0.25, 0.3) is 0 Å². The molecule has 0 rings (SSSR count). The molecule has 0 bridgehead atoms. The fourth-order valence-electron chi connectivity index (χ4n) is 0. The summed E-state index contributed by atoms with van der Waals surface area (Å²) in [6, 6.07) is 0. The minimum absolute atomic E-state index is 0. The van der Waals surface area contributed by atoms with Crippen LogP contribution in [-0.4, -0.2) is 35.3 Å². The number of carbonyl (C=O) groups is 3. The van der Waals surface area contributed by atoms with Crippen molar-refractivity contribution >= 4 is 35.3 Å². The van der Waals surface area contributed by atoms with Crippen molar-refractivity contribution in [3.05, 3.63) is 37.2 Å². The molecule has 0 aromatic carbocycles. The number of hydrogen-bond acceptors (Lipinski definition) is 6. The van der Waals surface area contributed by atoms with Crippen LogP contribution in [0.4, 0.5) is 13.2 Å². The molecule has 0 atom stereocenters. The Morgan fingerprint density at radius 1 is 0.632 bits per heavy atom. The zero-order valence-corrected chi connectivity index (χ0v) is 10.4. The Bertz CT molecular complexity index is 287. The first-order chi connectivity index (χ1) is 7.93. The molecular weight excluding hydrogens is 288 g/mol. The van der Waals surface area contributed by atoms with Gasteiger partial charge in [0.1, 0.15) is 17.5 Å². The molecule has 0 fully saturated rings. The van der Waals surface area contributed by atoms with Crippen LogP contribution < -0.4 is 15.3 Å². The molecule has 0 saturated carbocycles. The molecule has 0 aromatic heterocycles. The zero-order chi connectivity index (χ0) is 15.5. The van der Waals surface area contributed by atoms with Gasteiger partial charge in [-0.2, -0.15) is 0 Å². The quantitative estimate of drug-likeness (QED) is 0.412. The van der Waals surface area contributed by atoms with Crippen molar-refractivity contribution in [1.82, 2.24) is 0 Å². The summed E-state index contributed by atoms with van der Waals surface area (Å²) in [4.78, 5) is 27.3. The number of carboxylic acid groups (broad SMARTS) is 3. The predicted octanol–water partition coefficient (Wildman–Crippen LogP) is -2.72. The average molecular weight is 294 g/mol. The van der Waals surface area contributed by atoms with E-state index < -0.39 is 35.4 Å². The summed E-state index contributed by atoms with van der Waals surface area (Å²) < 4.78 is 32.9. The second-order valence-corrected chi connectivity index (χ2v) is 2.08. The van der Waals surface area contributed by atoms with Crippen LogP contribution in [0.2, 0.25) is 0 Å². The van der Waals surface area contributed by atoms with E-state index in [1.807, 2.05) is 0 Å². The summed E-state index contributed by atoms with van der Waals surface area (Å²) in [5, 5.41) is 27.3. The fourth-order valence-corrected chi connectivity index (χ4v) is 0. The topological polar surface area (TPSA) is 120 Å². The van der Waals surface area contributed by atoms with Gasteiger partial charge in [0, 0.05) is 0 Å².